The van der Waals surface area contributed by atoms with Crippen LogP contribution in [0.25, 0.3) is 0 Å². The molecular formula is C34H68O2. The summed E-state index contributed by atoms with van der Waals surface area (Å²) >= 11 is 0. The van der Waals surface area contributed by atoms with E-state index >= 15 is 0 Å². The van der Waals surface area contributed by atoms with E-state index in [9.17, 15) is 9.90 Å². The largest absolute Gasteiger partial charge is 0.393 e. The molecule has 0 saturated carbocycles. The third-order valence-electron chi connectivity index (χ3n) is 7.94. The minimum absolute atomic E-state index is 0.0811. The number of Topliss-reactive ketones (excluding diaryl/α,β-unsaturated/α-hetero) is 1. The van der Waals surface area contributed by atoms with E-state index in [0.717, 1.165) is 44.9 Å². The number of carbonyl (C=O) groups is 1. The highest BCUT2D eigenvalue weighted by molar-refractivity contribution is 5.78. The van der Waals surface area contributed by atoms with Crippen LogP contribution in [0.5, 0.6) is 0 Å². The van der Waals surface area contributed by atoms with Gasteiger partial charge in [-0.15, -0.1) is 0 Å². The fourth-order valence-corrected chi connectivity index (χ4v) is 5.36. The molecule has 0 saturated heterocycles. The van der Waals surface area contributed by atoms with Crippen LogP contribution in [0.15, 0.2) is 0 Å². The van der Waals surface area contributed by atoms with Crippen molar-refractivity contribution < 1.29 is 9.90 Å². The lowest BCUT2D eigenvalue weighted by atomic mass is 10.0. The molecule has 0 radical (unpaired) electrons. The summed E-state index contributed by atoms with van der Waals surface area (Å²) in [5.41, 5.74) is 0. The molecule has 36 heavy (non-hydrogen) atoms. The molecule has 0 heterocycles. The van der Waals surface area contributed by atoms with E-state index in [1.165, 1.54) is 148 Å². The Kier molecular flexibility index (Phi) is 30.5. The summed E-state index contributed by atoms with van der Waals surface area (Å²) in [6.07, 6.45) is 37.7. The number of carbonyl (C=O) groups excluding carboxylic acids is 1. The zero-order valence-electron chi connectivity index (χ0n) is 25.1. The summed E-state index contributed by atoms with van der Waals surface area (Å²) in [5.74, 6) is 0.490. The van der Waals surface area contributed by atoms with Gasteiger partial charge in [-0.05, 0) is 25.7 Å². The van der Waals surface area contributed by atoms with Gasteiger partial charge in [0, 0.05) is 12.8 Å². The summed E-state index contributed by atoms with van der Waals surface area (Å²) < 4.78 is 0. The van der Waals surface area contributed by atoms with Gasteiger partial charge in [-0.2, -0.15) is 0 Å². The molecule has 216 valence electrons. The number of aliphatic hydroxyl groups is 1. The summed E-state index contributed by atoms with van der Waals surface area (Å²) in [6.45, 7) is 4.55. The number of hydrogen-bond acceptors (Lipinski definition) is 2. The quantitative estimate of drug-likeness (QED) is 0.0945. The van der Waals surface area contributed by atoms with Crippen LogP contribution in [0.2, 0.25) is 0 Å². The Hall–Kier alpha value is -0.370. The Morgan fingerprint density at radius 2 is 0.667 bits per heavy atom. The first-order valence-corrected chi connectivity index (χ1v) is 16.9. The van der Waals surface area contributed by atoms with Gasteiger partial charge < -0.3 is 5.11 Å². The van der Waals surface area contributed by atoms with Gasteiger partial charge in [-0.25, -0.2) is 0 Å². The SMILES string of the molecule is CCCCCCCCCCCCC(=O)CCCCCCCCC(O)CCCCCCCCCCCC. The maximum absolute atomic E-state index is 12.1. The standard InChI is InChI=1S/C34H68O2/c1-3-5-7-9-11-13-15-17-21-25-29-33(35)31-27-23-19-20-24-28-32-34(36)30-26-22-18-16-14-12-10-8-6-4-2/h33,35H,3-32H2,1-2H3. The monoisotopic (exact) mass is 509 g/mol. The Morgan fingerprint density at radius 1 is 0.417 bits per heavy atom. The zero-order valence-corrected chi connectivity index (χ0v) is 25.1. The Balaban J connectivity index is 3.24. The summed E-state index contributed by atoms with van der Waals surface area (Å²) in [6, 6.07) is 0. The third-order valence-corrected chi connectivity index (χ3v) is 7.94. The van der Waals surface area contributed by atoms with Crippen LogP contribution in [-0.2, 0) is 4.79 Å². The smallest absolute Gasteiger partial charge is 0.132 e. The average Bonchev–Trinajstić information content (AvgIpc) is 2.87. The van der Waals surface area contributed by atoms with Crippen LogP contribution in [0.4, 0.5) is 0 Å². The normalized spacial score (nSPS) is 12.3. The second kappa shape index (κ2) is 30.9. The average molecular weight is 509 g/mol. The summed E-state index contributed by atoms with van der Waals surface area (Å²) in [5, 5.41) is 10.2. The van der Waals surface area contributed by atoms with E-state index in [-0.39, 0.29) is 6.10 Å². The van der Waals surface area contributed by atoms with Gasteiger partial charge in [0.25, 0.3) is 0 Å². The van der Waals surface area contributed by atoms with Crippen LogP contribution >= 0.6 is 0 Å². The van der Waals surface area contributed by atoms with E-state index < -0.39 is 0 Å². The molecule has 2 heteroatoms. The number of unbranched alkanes of at least 4 members (excludes halogenated alkanes) is 23. The number of aliphatic hydroxyl groups excluding tert-OH is 1. The van der Waals surface area contributed by atoms with Gasteiger partial charge in [-0.1, -0.05) is 168 Å². The van der Waals surface area contributed by atoms with Gasteiger partial charge >= 0.3 is 0 Å². The van der Waals surface area contributed by atoms with Crippen molar-refractivity contribution in [3.05, 3.63) is 0 Å². The first kappa shape index (κ1) is 35.6. The molecule has 0 aromatic carbocycles. The Labute approximate surface area is 228 Å². The first-order valence-electron chi connectivity index (χ1n) is 16.9. The van der Waals surface area contributed by atoms with E-state index in [2.05, 4.69) is 13.8 Å². The van der Waals surface area contributed by atoms with Crippen molar-refractivity contribution >= 4 is 5.78 Å². The van der Waals surface area contributed by atoms with Crippen LogP contribution in [0.3, 0.4) is 0 Å². The highest BCUT2D eigenvalue weighted by Gasteiger charge is 2.05. The molecule has 0 amide bonds. The number of hydrogen-bond donors (Lipinski definition) is 1. The molecule has 1 atom stereocenters. The Bertz CT molecular complexity index is 419. The molecule has 0 aromatic heterocycles. The molecule has 2 nitrogen and oxygen atoms in total. The molecule has 0 fully saturated rings. The van der Waals surface area contributed by atoms with Gasteiger partial charge in [0.05, 0.1) is 6.10 Å². The van der Waals surface area contributed by atoms with E-state index in [1.807, 2.05) is 0 Å². The fraction of sp³-hybridized carbons (Fsp3) is 0.971. The van der Waals surface area contributed by atoms with Crippen LogP contribution in [0, 0.1) is 0 Å². The fourth-order valence-electron chi connectivity index (χ4n) is 5.36. The highest BCUT2D eigenvalue weighted by Crippen LogP contribution is 2.16. The molecule has 0 rings (SSSR count). The van der Waals surface area contributed by atoms with Gasteiger partial charge in [0.1, 0.15) is 5.78 Å². The second-order valence-electron chi connectivity index (χ2n) is 11.8. The highest BCUT2D eigenvalue weighted by atomic mass is 16.3. The van der Waals surface area contributed by atoms with E-state index in [1.54, 1.807) is 0 Å². The van der Waals surface area contributed by atoms with Crippen LogP contribution < -0.4 is 0 Å². The maximum atomic E-state index is 12.1. The molecule has 0 spiro atoms. The predicted molar refractivity (Wildman–Crippen MR) is 161 cm³/mol. The van der Waals surface area contributed by atoms with Crippen molar-refractivity contribution in [2.45, 2.75) is 213 Å². The van der Waals surface area contributed by atoms with E-state index in [4.69, 9.17) is 0 Å². The summed E-state index contributed by atoms with van der Waals surface area (Å²) in [7, 11) is 0. The van der Waals surface area contributed by atoms with E-state index in [0.29, 0.717) is 5.78 Å². The second-order valence-corrected chi connectivity index (χ2v) is 11.8. The molecule has 0 aliphatic carbocycles. The lowest BCUT2D eigenvalue weighted by molar-refractivity contribution is -0.119. The predicted octanol–water partition coefficient (Wildman–Crippen LogP) is 11.7. The Morgan fingerprint density at radius 3 is 0.972 bits per heavy atom. The molecule has 1 N–H and O–H groups in total. The lowest BCUT2D eigenvalue weighted by Crippen LogP contribution is -2.05. The molecule has 0 aromatic rings. The minimum Gasteiger partial charge on any atom is -0.393 e. The maximum Gasteiger partial charge on any atom is 0.132 e. The number of rotatable bonds is 31. The van der Waals surface area contributed by atoms with Crippen molar-refractivity contribution in [2.24, 2.45) is 0 Å². The van der Waals surface area contributed by atoms with Crippen LogP contribution in [-0.4, -0.2) is 17.0 Å². The van der Waals surface area contributed by atoms with Crippen molar-refractivity contribution in [2.75, 3.05) is 0 Å². The van der Waals surface area contributed by atoms with Gasteiger partial charge in [0.2, 0.25) is 0 Å². The van der Waals surface area contributed by atoms with Crippen LogP contribution in [0.1, 0.15) is 206 Å². The molecule has 1 unspecified atom stereocenters. The third kappa shape index (κ3) is 29.9. The van der Waals surface area contributed by atoms with Gasteiger partial charge in [-0.3, -0.25) is 4.79 Å². The zero-order chi connectivity index (χ0) is 26.4. The molecule has 0 bridgehead atoms. The van der Waals surface area contributed by atoms with Crippen molar-refractivity contribution in [1.82, 2.24) is 0 Å². The lowest BCUT2D eigenvalue weighted by Gasteiger charge is -2.10. The number of ketones is 1. The van der Waals surface area contributed by atoms with Crippen molar-refractivity contribution in [3.63, 3.8) is 0 Å². The first-order chi connectivity index (χ1) is 17.7. The van der Waals surface area contributed by atoms with Gasteiger partial charge in [0.15, 0.2) is 0 Å². The summed E-state index contributed by atoms with van der Waals surface area (Å²) in [4.78, 5) is 12.1. The minimum atomic E-state index is -0.0811. The van der Waals surface area contributed by atoms with Crippen molar-refractivity contribution in [1.29, 1.82) is 0 Å². The molecular weight excluding hydrogens is 440 g/mol. The topological polar surface area (TPSA) is 37.3 Å². The van der Waals surface area contributed by atoms with Crippen molar-refractivity contribution in [3.8, 4) is 0 Å². The molecule has 0 aliphatic rings. The molecule has 0 aliphatic heterocycles.